The number of rotatable bonds is 6. The smallest absolute Gasteiger partial charge is 0.269 e. The van der Waals surface area contributed by atoms with Gasteiger partial charge in [-0.1, -0.05) is 36.8 Å². The van der Waals surface area contributed by atoms with E-state index in [1.165, 1.54) is 17.4 Å². The summed E-state index contributed by atoms with van der Waals surface area (Å²) in [6.45, 7) is 3.97. The van der Waals surface area contributed by atoms with E-state index in [1.807, 2.05) is 13.0 Å². The Morgan fingerprint density at radius 2 is 2.25 bits per heavy atom. The van der Waals surface area contributed by atoms with Gasteiger partial charge in [0.1, 0.15) is 5.01 Å². The van der Waals surface area contributed by atoms with Gasteiger partial charge in [-0.3, -0.25) is 10.1 Å². The van der Waals surface area contributed by atoms with Crippen molar-refractivity contribution in [3.05, 3.63) is 45.0 Å². The number of nitro groups is 1. The van der Waals surface area contributed by atoms with Crippen LogP contribution in [0.2, 0.25) is 0 Å². The standard InChI is InChI=1S/C13H16N4O2S/c1-3-5-12(14-13-16-15-9(2)20-13)10-6-4-7-11(8-10)17(18)19/h4,6-8,12H,3,5H2,1-2H3,(H,14,16). The summed E-state index contributed by atoms with van der Waals surface area (Å²) in [5.74, 6) is 0. The molecule has 2 rings (SSSR count). The van der Waals surface area contributed by atoms with Crippen LogP contribution in [0.5, 0.6) is 0 Å². The van der Waals surface area contributed by atoms with Gasteiger partial charge in [-0.05, 0) is 18.9 Å². The van der Waals surface area contributed by atoms with Gasteiger partial charge in [0.05, 0.1) is 11.0 Å². The van der Waals surface area contributed by atoms with Gasteiger partial charge in [-0.15, -0.1) is 10.2 Å². The topological polar surface area (TPSA) is 81.0 Å². The summed E-state index contributed by atoms with van der Waals surface area (Å²) >= 11 is 1.48. The van der Waals surface area contributed by atoms with Crippen molar-refractivity contribution in [1.82, 2.24) is 10.2 Å². The third kappa shape index (κ3) is 3.51. The van der Waals surface area contributed by atoms with E-state index in [2.05, 4.69) is 22.4 Å². The molecule has 0 saturated carbocycles. The average Bonchev–Trinajstić information content (AvgIpc) is 2.84. The summed E-state index contributed by atoms with van der Waals surface area (Å²) in [4.78, 5) is 10.5. The minimum atomic E-state index is -0.373. The number of anilines is 1. The molecule has 0 radical (unpaired) electrons. The Morgan fingerprint density at radius 1 is 1.45 bits per heavy atom. The minimum Gasteiger partial charge on any atom is -0.353 e. The Balaban J connectivity index is 2.23. The molecule has 0 amide bonds. The Kier molecular flexibility index (Phi) is 4.62. The van der Waals surface area contributed by atoms with Crippen LogP contribution in [0, 0.1) is 17.0 Å². The lowest BCUT2D eigenvalue weighted by Crippen LogP contribution is -2.10. The second-order valence-electron chi connectivity index (χ2n) is 4.46. The van der Waals surface area contributed by atoms with Gasteiger partial charge in [0.25, 0.3) is 5.69 Å². The molecule has 2 aromatic rings. The van der Waals surface area contributed by atoms with Crippen molar-refractivity contribution >= 4 is 22.2 Å². The van der Waals surface area contributed by atoms with Crippen LogP contribution in [0.25, 0.3) is 0 Å². The summed E-state index contributed by atoms with van der Waals surface area (Å²) in [6, 6.07) is 6.73. The summed E-state index contributed by atoms with van der Waals surface area (Å²) < 4.78 is 0. The van der Waals surface area contributed by atoms with Crippen LogP contribution >= 0.6 is 11.3 Å². The fourth-order valence-corrected chi connectivity index (χ4v) is 2.61. The molecule has 0 aliphatic heterocycles. The van der Waals surface area contributed by atoms with Crippen molar-refractivity contribution in [3.63, 3.8) is 0 Å². The van der Waals surface area contributed by atoms with Crippen LogP contribution in [0.3, 0.4) is 0 Å². The van der Waals surface area contributed by atoms with Gasteiger partial charge >= 0.3 is 0 Å². The average molecular weight is 292 g/mol. The molecule has 1 heterocycles. The predicted molar refractivity (Wildman–Crippen MR) is 79.0 cm³/mol. The van der Waals surface area contributed by atoms with Crippen LogP contribution in [0.4, 0.5) is 10.8 Å². The van der Waals surface area contributed by atoms with Crippen molar-refractivity contribution in [2.45, 2.75) is 32.7 Å². The van der Waals surface area contributed by atoms with Crippen molar-refractivity contribution < 1.29 is 4.92 Å². The Hall–Kier alpha value is -2.02. The number of nitrogens with zero attached hydrogens (tertiary/aromatic N) is 3. The van der Waals surface area contributed by atoms with Crippen molar-refractivity contribution in [1.29, 1.82) is 0 Å². The first kappa shape index (κ1) is 14.4. The number of aromatic nitrogens is 2. The number of hydrogen-bond donors (Lipinski definition) is 1. The number of nitrogens with one attached hydrogen (secondary N) is 1. The molecule has 1 aromatic heterocycles. The van der Waals surface area contributed by atoms with E-state index in [0.29, 0.717) is 0 Å². The summed E-state index contributed by atoms with van der Waals surface area (Å²) in [5, 5.41) is 23.8. The van der Waals surface area contributed by atoms with Crippen LogP contribution < -0.4 is 5.32 Å². The van der Waals surface area contributed by atoms with Crippen LogP contribution in [0.15, 0.2) is 24.3 Å². The molecular weight excluding hydrogens is 276 g/mol. The van der Waals surface area contributed by atoms with Crippen LogP contribution in [0.1, 0.15) is 36.4 Å². The minimum absolute atomic E-state index is 0.00671. The van der Waals surface area contributed by atoms with Crippen molar-refractivity contribution in [2.75, 3.05) is 5.32 Å². The first-order chi connectivity index (χ1) is 9.60. The van der Waals surface area contributed by atoms with E-state index in [4.69, 9.17) is 0 Å². The molecule has 1 aromatic carbocycles. The molecule has 20 heavy (non-hydrogen) atoms. The quantitative estimate of drug-likeness (QED) is 0.648. The zero-order chi connectivity index (χ0) is 14.5. The van der Waals surface area contributed by atoms with Crippen molar-refractivity contribution in [3.8, 4) is 0 Å². The molecule has 1 atom stereocenters. The molecule has 0 fully saturated rings. The van der Waals surface area contributed by atoms with Crippen molar-refractivity contribution in [2.24, 2.45) is 0 Å². The summed E-state index contributed by atoms with van der Waals surface area (Å²) in [5.41, 5.74) is 1.01. The number of aryl methyl sites for hydroxylation is 1. The number of benzene rings is 1. The van der Waals surface area contributed by atoms with Gasteiger partial charge in [-0.25, -0.2) is 0 Å². The third-order valence-electron chi connectivity index (χ3n) is 2.88. The predicted octanol–water partition coefficient (Wildman–Crippen LogP) is 3.71. The number of hydrogen-bond acceptors (Lipinski definition) is 6. The molecule has 0 spiro atoms. The SMILES string of the molecule is CCCC(Nc1nnc(C)s1)c1cccc([N+](=O)[O-])c1. The molecule has 106 valence electrons. The monoisotopic (exact) mass is 292 g/mol. The second-order valence-corrected chi connectivity index (χ2v) is 5.65. The molecular formula is C13H16N4O2S. The van der Waals surface area contributed by atoms with E-state index in [1.54, 1.807) is 12.1 Å². The van der Waals surface area contributed by atoms with Gasteiger partial charge < -0.3 is 5.32 Å². The molecule has 0 saturated heterocycles. The highest BCUT2D eigenvalue weighted by molar-refractivity contribution is 7.15. The molecule has 6 nitrogen and oxygen atoms in total. The van der Waals surface area contributed by atoms with E-state index < -0.39 is 0 Å². The Bertz CT molecular complexity index is 600. The molecule has 1 N–H and O–H groups in total. The van der Waals surface area contributed by atoms with Gasteiger partial charge in [0.15, 0.2) is 0 Å². The first-order valence-corrected chi connectivity index (χ1v) is 7.22. The van der Waals surface area contributed by atoms with Gasteiger partial charge in [-0.2, -0.15) is 0 Å². The van der Waals surface area contributed by atoms with E-state index in [9.17, 15) is 10.1 Å². The lowest BCUT2D eigenvalue weighted by molar-refractivity contribution is -0.384. The first-order valence-electron chi connectivity index (χ1n) is 6.41. The molecule has 7 heteroatoms. The maximum absolute atomic E-state index is 10.9. The molecule has 1 unspecified atom stereocenters. The highest BCUT2D eigenvalue weighted by Gasteiger charge is 2.15. The van der Waals surface area contributed by atoms with E-state index >= 15 is 0 Å². The number of nitro benzene ring substituents is 1. The maximum Gasteiger partial charge on any atom is 0.269 e. The third-order valence-corrected chi connectivity index (χ3v) is 3.65. The fourth-order valence-electron chi connectivity index (χ4n) is 1.97. The lowest BCUT2D eigenvalue weighted by Gasteiger charge is -2.17. The second kappa shape index (κ2) is 6.42. The highest BCUT2D eigenvalue weighted by atomic mass is 32.1. The largest absolute Gasteiger partial charge is 0.353 e. The highest BCUT2D eigenvalue weighted by Crippen LogP contribution is 2.27. The van der Waals surface area contributed by atoms with Crippen LogP contribution in [-0.2, 0) is 0 Å². The van der Waals surface area contributed by atoms with Gasteiger partial charge in [0.2, 0.25) is 5.13 Å². The molecule has 0 bridgehead atoms. The Morgan fingerprint density at radius 3 is 2.85 bits per heavy atom. The summed E-state index contributed by atoms with van der Waals surface area (Å²) in [6.07, 6.45) is 1.85. The normalized spacial score (nSPS) is 12.1. The number of non-ortho nitro benzene ring substituents is 1. The van der Waals surface area contributed by atoms with Crippen LogP contribution in [-0.4, -0.2) is 15.1 Å². The molecule has 0 aliphatic rings. The zero-order valence-corrected chi connectivity index (χ0v) is 12.2. The van der Waals surface area contributed by atoms with Gasteiger partial charge in [0, 0.05) is 12.1 Å². The summed E-state index contributed by atoms with van der Waals surface area (Å²) in [7, 11) is 0. The lowest BCUT2D eigenvalue weighted by atomic mass is 10.0. The maximum atomic E-state index is 10.9. The van der Waals surface area contributed by atoms with E-state index in [-0.39, 0.29) is 16.7 Å². The van der Waals surface area contributed by atoms with E-state index in [0.717, 1.165) is 28.5 Å². The molecule has 0 aliphatic carbocycles. The fraction of sp³-hybridized carbons (Fsp3) is 0.385. The zero-order valence-electron chi connectivity index (χ0n) is 11.4. The Labute approximate surface area is 121 Å².